The van der Waals surface area contributed by atoms with Gasteiger partial charge in [0.05, 0.1) is 0 Å². The summed E-state index contributed by atoms with van der Waals surface area (Å²) in [7, 11) is 0. The largest absolute Gasteiger partial charge is 0.350 e. The second-order valence-corrected chi connectivity index (χ2v) is 5.38. The Labute approximate surface area is 115 Å². The first-order valence-electron chi connectivity index (χ1n) is 7.12. The molecule has 19 heavy (non-hydrogen) atoms. The maximum Gasteiger partial charge on any atom is 0.251 e. The highest BCUT2D eigenvalue weighted by Crippen LogP contribution is 2.18. The summed E-state index contributed by atoms with van der Waals surface area (Å²) in [6.45, 7) is 6.31. The number of carbonyl (C=O) groups is 1. The number of pyridine rings is 1. The Morgan fingerprint density at radius 3 is 2.89 bits per heavy atom. The fourth-order valence-corrected chi connectivity index (χ4v) is 2.74. The number of hydrogen-bond acceptors (Lipinski definition) is 3. The number of carbonyl (C=O) groups excluding carboxylic acids is 1. The van der Waals surface area contributed by atoms with E-state index in [1.807, 2.05) is 0 Å². The minimum atomic E-state index is -0.0149. The molecular weight excluding hydrogens is 238 g/mol. The fraction of sp³-hybridized carbons (Fsp3) is 0.600. The highest BCUT2D eigenvalue weighted by atomic mass is 16.1. The van der Waals surface area contributed by atoms with Crippen LogP contribution in [0.25, 0.3) is 0 Å². The van der Waals surface area contributed by atoms with Crippen LogP contribution >= 0.6 is 0 Å². The highest BCUT2D eigenvalue weighted by molar-refractivity contribution is 5.93. The molecule has 1 amide bonds. The Hall–Kier alpha value is -1.42. The number of aromatic nitrogens is 1. The summed E-state index contributed by atoms with van der Waals surface area (Å²) >= 11 is 0. The molecule has 1 aliphatic heterocycles. The lowest BCUT2D eigenvalue weighted by molar-refractivity contribution is 0.0886. The Bertz CT molecular complexity index is 407. The molecule has 1 aliphatic rings. The first-order chi connectivity index (χ1) is 9.18. The molecule has 1 fully saturated rings. The minimum Gasteiger partial charge on any atom is -0.350 e. The molecule has 0 aromatic carbocycles. The van der Waals surface area contributed by atoms with Crippen LogP contribution in [0.1, 0.15) is 43.5 Å². The van der Waals surface area contributed by atoms with E-state index in [0.29, 0.717) is 24.2 Å². The lowest BCUT2D eigenvalue weighted by atomic mass is 10.0. The molecule has 0 radical (unpaired) electrons. The monoisotopic (exact) mass is 261 g/mol. The number of hydrogen-bond donors (Lipinski definition) is 1. The van der Waals surface area contributed by atoms with Crippen LogP contribution in [-0.4, -0.2) is 41.0 Å². The number of piperidine rings is 1. The summed E-state index contributed by atoms with van der Waals surface area (Å²) in [5.74, 6) is -0.0149. The van der Waals surface area contributed by atoms with Gasteiger partial charge in [-0.15, -0.1) is 0 Å². The van der Waals surface area contributed by atoms with Crippen molar-refractivity contribution in [1.82, 2.24) is 15.2 Å². The van der Waals surface area contributed by atoms with Crippen molar-refractivity contribution in [1.29, 1.82) is 0 Å². The lowest BCUT2D eigenvalue weighted by Crippen LogP contribution is -2.48. The summed E-state index contributed by atoms with van der Waals surface area (Å²) in [5.41, 5.74) is 0.675. The van der Waals surface area contributed by atoms with Crippen LogP contribution < -0.4 is 5.32 Å². The van der Waals surface area contributed by atoms with Crippen molar-refractivity contribution in [2.24, 2.45) is 0 Å². The number of rotatable bonds is 4. The standard InChI is InChI=1S/C15H23N3O/c1-12-5-3-4-10-18(12)13(2)11-17-15(19)14-6-8-16-9-7-14/h6-9,12-13H,3-5,10-11H2,1-2H3,(H,17,19). The molecule has 1 saturated heterocycles. The van der Waals surface area contributed by atoms with Crippen molar-refractivity contribution in [2.75, 3.05) is 13.1 Å². The van der Waals surface area contributed by atoms with Gasteiger partial charge in [0.25, 0.3) is 5.91 Å². The molecular formula is C15H23N3O. The molecule has 0 bridgehead atoms. The van der Waals surface area contributed by atoms with Gasteiger partial charge in [0.1, 0.15) is 0 Å². The summed E-state index contributed by atoms with van der Waals surface area (Å²) in [6, 6.07) is 4.50. The number of amides is 1. The van der Waals surface area contributed by atoms with Crippen LogP contribution in [-0.2, 0) is 0 Å². The Morgan fingerprint density at radius 1 is 1.47 bits per heavy atom. The second-order valence-electron chi connectivity index (χ2n) is 5.38. The molecule has 0 aliphatic carbocycles. The molecule has 4 heteroatoms. The topological polar surface area (TPSA) is 45.2 Å². The van der Waals surface area contributed by atoms with Crippen molar-refractivity contribution in [3.8, 4) is 0 Å². The molecule has 0 spiro atoms. The van der Waals surface area contributed by atoms with E-state index in [9.17, 15) is 4.79 Å². The average Bonchev–Trinajstić information content (AvgIpc) is 2.46. The zero-order valence-electron chi connectivity index (χ0n) is 11.8. The van der Waals surface area contributed by atoms with E-state index in [-0.39, 0.29) is 5.91 Å². The van der Waals surface area contributed by atoms with E-state index >= 15 is 0 Å². The van der Waals surface area contributed by atoms with Gasteiger partial charge in [-0.05, 0) is 45.4 Å². The predicted molar refractivity (Wildman–Crippen MR) is 76.1 cm³/mol. The predicted octanol–water partition coefficient (Wildman–Crippen LogP) is 2.07. The van der Waals surface area contributed by atoms with E-state index in [1.165, 1.54) is 19.3 Å². The van der Waals surface area contributed by atoms with Gasteiger partial charge >= 0.3 is 0 Å². The summed E-state index contributed by atoms with van der Waals surface area (Å²) in [4.78, 5) is 18.4. The zero-order chi connectivity index (χ0) is 13.7. The SMILES string of the molecule is CC1CCCCN1C(C)CNC(=O)c1ccncc1. The maximum atomic E-state index is 12.0. The smallest absolute Gasteiger partial charge is 0.251 e. The van der Waals surface area contributed by atoms with E-state index in [2.05, 4.69) is 29.0 Å². The van der Waals surface area contributed by atoms with Crippen LogP contribution in [0.4, 0.5) is 0 Å². The first-order valence-corrected chi connectivity index (χ1v) is 7.12. The molecule has 0 saturated carbocycles. The molecule has 2 heterocycles. The normalized spacial score (nSPS) is 21.9. The van der Waals surface area contributed by atoms with Gasteiger partial charge in [-0.25, -0.2) is 0 Å². The number of likely N-dealkylation sites (tertiary alicyclic amines) is 1. The molecule has 1 aromatic heterocycles. The molecule has 2 atom stereocenters. The van der Waals surface area contributed by atoms with E-state index in [4.69, 9.17) is 0 Å². The maximum absolute atomic E-state index is 12.0. The van der Waals surface area contributed by atoms with Gasteiger partial charge in [0.15, 0.2) is 0 Å². The first kappa shape index (κ1) is 14.0. The van der Waals surface area contributed by atoms with Crippen LogP contribution in [0.5, 0.6) is 0 Å². The molecule has 4 nitrogen and oxygen atoms in total. The van der Waals surface area contributed by atoms with Crippen LogP contribution in [0.2, 0.25) is 0 Å². The Morgan fingerprint density at radius 2 is 2.21 bits per heavy atom. The number of nitrogens with one attached hydrogen (secondary N) is 1. The minimum absolute atomic E-state index is 0.0149. The summed E-state index contributed by atoms with van der Waals surface area (Å²) < 4.78 is 0. The van der Waals surface area contributed by atoms with Crippen molar-refractivity contribution in [2.45, 2.75) is 45.2 Å². The fourth-order valence-electron chi connectivity index (χ4n) is 2.74. The number of nitrogens with zero attached hydrogens (tertiary/aromatic N) is 2. The van der Waals surface area contributed by atoms with E-state index in [1.54, 1.807) is 24.5 Å². The van der Waals surface area contributed by atoms with Crippen LogP contribution in [0, 0.1) is 0 Å². The lowest BCUT2D eigenvalue weighted by Gasteiger charge is -2.38. The van der Waals surface area contributed by atoms with Crippen LogP contribution in [0.15, 0.2) is 24.5 Å². The molecule has 1 N–H and O–H groups in total. The summed E-state index contributed by atoms with van der Waals surface area (Å²) in [5, 5.41) is 3.01. The van der Waals surface area contributed by atoms with Crippen molar-refractivity contribution in [3.63, 3.8) is 0 Å². The summed E-state index contributed by atoms with van der Waals surface area (Å²) in [6.07, 6.45) is 7.15. The molecule has 2 unspecified atom stereocenters. The van der Waals surface area contributed by atoms with Crippen LogP contribution in [0.3, 0.4) is 0 Å². The van der Waals surface area contributed by atoms with Gasteiger partial charge in [0.2, 0.25) is 0 Å². The molecule has 1 aromatic rings. The van der Waals surface area contributed by atoms with Crippen molar-refractivity contribution in [3.05, 3.63) is 30.1 Å². The zero-order valence-corrected chi connectivity index (χ0v) is 11.8. The highest BCUT2D eigenvalue weighted by Gasteiger charge is 2.23. The van der Waals surface area contributed by atoms with Gasteiger partial charge in [-0.2, -0.15) is 0 Å². The van der Waals surface area contributed by atoms with Crippen molar-refractivity contribution >= 4 is 5.91 Å². The van der Waals surface area contributed by atoms with E-state index in [0.717, 1.165) is 6.54 Å². The quantitative estimate of drug-likeness (QED) is 0.902. The van der Waals surface area contributed by atoms with Gasteiger partial charge in [-0.3, -0.25) is 14.7 Å². The van der Waals surface area contributed by atoms with E-state index < -0.39 is 0 Å². The Balaban J connectivity index is 1.83. The third kappa shape index (κ3) is 3.77. The molecule has 104 valence electrons. The van der Waals surface area contributed by atoms with Gasteiger partial charge in [0, 0.05) is 36.6 Å². The van der Waals surface area contributed by atoms with Gasteiger partial charge in [-0.1, -0.05) is 6.42 Å². The second kappa shape index (κ2) is 6.66. The third-order valence-electron chi connectivity index (χ3n) is 3.92. The van der Waals surface area contributed by atoms with Gasteiger partial charge < -0.3 is 5.32 Å². The third-order valence-corrected chi connectivity index (χ3v) is 3.92. The Kier molecular flexibility index (Phi) is 4.91. The average molecular weight is 261 g/mol. The molecule has 2 rings (SSSR count). The van der Waals surface area contributed by atoms with Crippen molar-refractivity contribution < 1.29 is 4.79 Å².